The van der Waals surface area contributed by atoms with Crippen molar-refractivity contribution in [3.63, 3.8) is 0 Å². The zero-order valence-electron chi connectivity index (χ0n) is 8.43. The quantitative estimate of drug-likeness (QED) is 0.600. The minimum atomic E-state index is 0. The highest BCUT2D eigenvalue weighted by atomic mass is 32.2. The van der Waals surface area contributed by atoms with Crippen LogP contribution in [0.5, 0.6) is 5.75 Å². The number of ether oxygens (including phenoxy) is 1. The molecule has 0 fully saturated rings. The Bertz CT molecular complexity index is 340. The van der Waals surface area contributed by atoms with Crippen LogP contribution in [-0.2, 0) is 0 Å². The highest BCUT2D eigenvalue weighted by Crippen LogP contribution is 2.35. The monoisotopic (exact) mass is 243 g/mol. The first-order valence-electron chi connectivity index (χ1n) is 4.21. The third-order valence-electron chi connectivity index (χ3n) is 1.89. The van der Waals surface area contributed by atoms with Crippen LogP contribution in [0.15, 0.2) is 24.3 Å². The van der Waals surface area contributed by atoms with Gasteiger partial charge in [0.05, 0.1) is 12.4 Å². The number of thiocyanates is 1. The maximum atomic E-state index is 8.66. The van der Waals surface area contributed by atoms with Gasteiger partial charge in [-0.1, -0.05) is 18.2 Å². The number of hydrogen-bond acceptors (Lipinski definition) is 3. The number of nitrogens with zero attached hydrogens (tertiary/aromatic N) is 1. The van der Waals surface area contributed by atoms with Crippen molar-refractivity contribution in [1.29, 1.82) is 5.26 Å². The van der Waals surface area contributed by atoms with Gasteiger partial charge in [-0.2, -0.15) is 5.26 Å². The second-order valence-electron chi connectivity index (χ2n) is 2.68. The molecule has 0 aliphatic carbocycles. The predicted octanol–water partition coefficient (Wildman–Crippen LogP) is 2.00. The Hall–Kier alpha value is -0.750. The summed E-state index contributed by atoms with van der Waals surface area (Å²) in [6, 6.07) is 7.81. The van der Waals surface area contributed by atoms with E-state index in [-0.39, 0.29) is 10.7 Å². The third kappa shape index (κ3) is 3.71. The van der Waals surface area contributed by atoms with Crippen molar-refractivity contribution in [2.24, 2.45) is 0 Å². The van der Waals surface area contributed by atoms with E-state index < -0.39 is 0 Å². The van der Waals surface area contributed by atoms with E-state index in [1.54, 1.807) is 7.11 Å². The molecule has 0 radical (unpaired) electrons. The topological polar surface area (TPSA) is 64.5 Å². The molecule has 0 heterocycles. The lowest BCUT2D eigenvalue weighted by atomic mass is 10.1. The fourth-order valence-corrected chi connectivity index (χ4v) is 2.32. The van der Waals surface area contributed by atoms with Crippen molar-refractivity contribution in [1.82, 2.24) is 0 Å². The van der Waals surface area contributed by atoms with E-state index in [9.17, 15) is 0 Å². The molecule has 0 aromatic heterocycles. The Morgan fingerprint density at radius 2 is 2.20 bits per heavy atom. The zero-order chi connectivity index (χ0) is 10.4. The first kappa shape index (κ1) is 14.2. The zero-order valence-corrected chi connectivity index (χ0v) is 10.4. The summed E-state index contributed by atoms with van der Waals surface area (Å²) in [6.07, 6.45) is 0.846. The summed E-state index contributed by atoms with van der Waals surface area (Å²) in [5, 5.41) is 10.9. The number of benzene rings is 1. The van der Waals surface area contributed by atoms with Gasteiger partial charge in [-0.05, 0) is 24.0 Å². The van der Waals surface area contributed by atoms with E-state index in [4.69, 9.17) is 10.00 Å². The van der Waals surface area contributed by atoms with Gasteiger partial charge in [0.1, 0.15) is 11.2 Å². The second kappa shape index (κ2) is 7.53. The van der Waals surface area contributed by atoms with Crippen molar-refractivity contribution in [3.8, 4) is 11.2 Å². The van der Waals surface area contributed by atoms with Gasteiger partial charge in [0.2, 0.25) is 0 Å². The van der Waals surface area contributed by atoms with E-state index in [0.717, 1.165) is 17.5 Å². The largest absolute Gasteiger partial charge is 0.496 e. The Labute approximate surface area is 96.3 Å². The Morgan fingerprint density at radius 1 is 1.53 bits per heavy atom. The molecule has 1 rings (SSSR count). The van der Waals surface area contributed by atoms with Crippen LogP contribution in [0.1, 0.15) is 10.8 Å². The normalized spacial score (nSPS) is 11.0. The molecule has 2 N–H and O–H groups in total. The predicted molar refractivity (Wildman–Crippen MR) is 67.1 cm³/mol. The molecule has 0 bridgehead atoms. The summed E-state index contributed by atoms with van der Waals surface area (Å²) in [6.45, 7) is 0. The van der Waals surface area contributed by atoms with Gasteiger partial charge in [-0.3, -0.25) is 0 Å². The number of methoxy groups -OCH3 is 1. The van der Waals surface area contributed by atoms with Crippen molar-refractivity contribution >= 4 is 21.0 Å². The molecule has 1 aromatic carbocycles. The Morgan fingerprint density at radius 3 is 2.73 bits per heavy atom. The summed E-state index contributed by atoms with van der Waals surface area (Å²) in [5.74, 6) is 0.850. The highest BCUT2D eigenvalue weighted by molar-refractivity contribution is 8.04. The number of hydrogen-bond donors (Lipinski definition) is 0. The molecular weight excluding hydrogens is 229 g/mol. The minimum Gasteiger partial charge on any atom is -0.496 e. The average Bonchev–Trinajstić information content (AvgIpc) is 2.26. The van der Waals surface area contributed by atoms with E-state index in [1.807, 2.05) is 24.3 Å². The van der Waals surface area contributed by atoms with E-state index in [0.29, 0.717) is 0 Å². The smallest absolute Gasteiger partial charge is 0.133 e. The molecule has 82 valence electrons. The van der Waals surface area contributed by atoms with Crippen molar-refractivity contribution in [3.05, 3.63) is 29.8 Å². The second-order valence-corrected chi connectivity index (χ2v) is 4.13. The SMILES string of the molecule is COc1ccccc1C(CP)SC#N.O. The molecule has 3 nitrogen and oxygen atoms in total. The summed E-state index contributed by atoms with van der Waals surface area (Å²) >= 11 is 1.26. The molecule has 5 heteroatoms. The van der Waals surface area contributed by atoms with Crippen LogP contribution in [0.4, 0.5) is 0 Å². The maximum Gasteiger partial charge on any atom is 0.133 e. The highest BCUT2D eigenvalue weighted by Gasteiger charge is 2.13. The van der Waals surface area contributed by atoms with E-state index >= 15 is 0 Å². The Balaban J connectivity index is 0.00000196. The van der Waals surface area contributed by atoms with Gasteiger partial charge in [0, 0.05) is 5.56 Å². The molecule has 0 aliphatic heterocycles. The first-order valence-corrected chi connectivity index (χ1v) is 5.90. The van der Waals surface area contributed by atoms with Crippen LogP contribution in [0.3, 0.4) is 0 Å². The average molecular weight is 243 g/mol. The molecule has 0 amide bonds. The van der Waals surface area contributed by atoms with Crippen molar-refractivity contribution in [2.45, 2.75) is 5.25 Å². The molecule has 0 spiro atoms. The molecular formula is C10H14NO2PS. The number of para-hydroxylation sites is 1. The van der Waals surface area contributed by atoms with E-state index in [2.05, 4.69) is 14.6 Å². The summed E-state index contributed by atoms with van der Waals surface area (Å²) in [7, 11) is 4.31. The molecule has 2 unspecified atom stereocenters. The van der Waals surface area contributed by atoms with E-state index in [1.165, 1.54) is 11.8 Å². The van der Waals surface area contributed by atoms with Crippen LogP contribution in [0.25, 0.3) is 0 Å². The standard InChI is InChI=1S/C10H12NOPS.H2O/c1-12-9-5-3-2-4-8(9)10(6-13)14-7-11;/h2-5,10H,6,13H2,1H3;1H2. The molecule has 1 aromatic rings. The third-order valence-corrected chi connectivity index (χ3v) is 3.54. The summed E-state index contributed by atoms with van der Waals surface area (Å²) in [5.41, 5.74) is 1.08. The maximum absolute atomic E-state index is 8.66. The van der Waals surface area contributed by atoms with Crippen molar-refractivity contribution in [2.75, 3.05) is 13.3 Å². The van der Waals surface area contributed by atoms with Crippen molar-refractivity contribution < 1.29 is 10.2 Å². The minimum absolute atomic E-state index is 0. The number of nitriles is 1. The molecule has 2 atom stereocenters. The van der Waals surface area contributed by atoms with Gasteiger partial charge < -0.3 is 10.2 Å². The molecule has 0 aliphatic rings. The van der Waals surface area contributed by atoms with Gasteiger partial charge in [-0.25, -0.2) is 0 Å². The van der Waals surface area contributed by atoms with Crippen LogP contribution in [0.2, 0.25) is 0 Å². The Kier molecular flexibility index (Phi) is 7.15. The summed E-state index contributed by atoms with van der Waals surface area (Å²) in [4.78, 5) is 0. The lowest BCUT2D eigenvalue weighted by molar-refractivity contribution is 0.410. The number of thioether (sulfide) groups is 1. The number of rotatable bonds is 4. The van der Waals surface area contributed by atoms with Crippen LogP contribution in [0, 0.1) is 10.7 Å². The molecule has 0 saturated heterocycles. The first-order chi connectivity index (χ1) is 6.83. The van der Waals surface area contributed by atoms with Gasteiger partial charge in [-0.15, -0.1) is 9.24 Å². The van der Waals surface area contributed by atoms with Gasteiger partial charge >= 0.3 is 0 Å². The lowest BCUT2D eigenvalue weighted by Crippen LogP contribution is -1.97. The fraction of sp³-hybridized carbons (Fsp3) is 0.300. The molecule has 15 heavy (non-hydrogen) atoms. The van der Waals surface area contributed by atoms with Gasteiger partial charge in [0.25, 0.3) is 0 Å². The summed E-state index contributed by atoms with van der Waals surface area (Å²) < 4.78 is 5.24. The van der Waals surface area contributed by atoms with Crippen LogP contribution in [-0.4, -0.2) is 18.7 Å². The van der Waals surface area contributed by atoms with Gasteiger partial charge in [0.15, 0.2) is 0 Å². The fourth-order valence-electron chi connectivity index (χ4n) is 1.23. The van der Waals surface area contributed by atoms with Crippen LogP contribution < -0.4 is 4.74 Å². The lowest BCUT2D eigenvalue weighted by Gasteiger charge is -2.14. The molecule has 0 saturated carbocycles. The van der Waals surface area contributed by atoms with Crippen LogP contribution >= 0.6 is 21.0 Å².